The first-order chi connectivity index (χ1) is 11.7. The second-order valence-corrected chi connectivity index (χ2v) is 6.64. The van der Waals surface area contributed by atoms with Crippen molar-refractivity contribution in [3.05, 3.63) is 12.2 Å². The summed E-state index contributed by atoms with van der Waals surface area (Å²) < 4.78 is 4.92. The predicted molar refractivity (Wildman–Crippen MR) is 102 cm³/mol. The summed E-state index contributed by atoms with van der Waals surface area (Å²) in [7, 11) is 0. The monoisotopic (exact) mass is 340 g/mol. The van der Waals surface area contributed by atoms with Gasteiger partial charge >= 0.3 is 5.97 Å². The molecule has 0 bridgehead atoms. The molecule has 0 aliphatic carbocycles. The molecule has 0 aliphatic rings. The standard InChI is InChI=1S/C21H40O3/c1-3-20(22)18-16-14-12-10-8-6-5-7-9-11-13-15-17-19-21(23)24-4-2/h12,14,20,22H,3-11,13,15-19H2,1-2H3/b14-12-/t20-/m1/s1. The highest BCUT2D eigenvalue weighted by Crippen LogP contribution is 2.12. The van der Waals surface area contributed by atoms with Crippen molar-refractivity contribution in [2.24, 2.45) is 0 Å². The Morgan fingerprint density at radius 2 is 1.42 bits per heavy atom. The van der Waals surface area contributed by atoms with Gasteiger partial charge in [-0.25, -0.2) is 0 Å². The Kier molecular flexibility index (Phi) is 17.9. The molecule has 24 heavy (non-hydrogen) atoms. The smallest absolute Gasteiger partial charge is 0.305 e. The second kappa shape index (κ2) is 18.5. The number of aliphatic hydroxyl groups excluding tert-OH is 1. The van der Waals surface area contributed by atoms with Crippen molar-refractivity contribution in [3.8, 4) is 0 Å². The molecule has 0 heterocycles. The van der Waals surface area contributed by atoms with Gasteiger partial charge in [-0.3, -0.25) is 4.79 Å². The predicted octanol–water partition coefficient (Wildman–Crippen LogP) is 5.95. The van der Waals surface area contributed by atoms with Crippen molar-refractivity contribution in [2.45, 2.75) is 110 Å². The van der Waals surface area contributed by atoms with Gasteiger partial charge in [-0.05, 0) is 45.4 Å². The molecule has 0 radical (unpaired) electrons. The third-order valence-corrected chi connectivity index (χ3v) is 4.36. The molecule has 0 aromatic carbocycles. The van der Waals surface area contributed by atoms with Gasteiger partial charge in [-0.1, -0.05) is 64.0 Å². The zero-order valence-corrected chi connectivity index (χ0v) is 16.1. The molecule has 0 saturated carbocycles. The van der Waals surface area contributed by atoms with Crippen LogP contribution in [0.15, 0.2) is 12.2 Å². The number of rotatable bonds is 17. The molecule has 0 rings (SSSR count). The maximum absolute atomic E-state index is 11.2. The fourth-order valence-electron chi connectivity index (χ4n) is 2.73. The molecule has 0 aromatic heterocycles. The summed E-state index contributed by atoms with van der Waals surface area (Å²) in [6.45, 7) is 4.38. The van der Waals surface area contributed by atoms with Crippen LogP contribution >= 0.6 is 0 Å². The maximum atomic E-state index is 11.2. The van der Waals surface area contributed by atoms with Crippen LogP contribution in [0.3, 0.4) is 0 Å². The topological polar surface area (TPSA) is 46.5 Å². The summed E-state index contributed by atoms with van der Waals surface area (Å²) in [6, 6.07) is 0. The van der Waals surface area contributed by atoms with Crippen molar-refractivity contribution in [1.29, 1.82) is 0 Å². The Bertz CT molecular complexity index is 299. The van der Waals surface area contributed by atoms with E-state index in [1.807, 2.05) is 13.8 Å². The van der Waals surface area contributed by atoms with Gasteiger partial charge < -0.3 is 9.84 Å². The zero-order valence-electron chi connectivity index (χ0n) is 16.1. The summed E-state index contributed by atoms with van der Waals surface area (Å²) in [5.41, 5.74) is 0. The minimum absolute atomic E-state index is 0.0481. The fraction of sp³-hybridized carbons (Fsp3) is 0.857. The van der Waals surface area contributed by atoms with Gasteiger partial charge in [0.05, 0.1) is 12.7 Å². The van der Waals surface area contributed by atoms with Gasteiger partial charge in [-0.2, -0.15) is 0 Å². The first-order valence-electron chi connectivity index (χ1n) is 10.2. The third kappa shape index (κ3) is 17.5. The highest BCUT2D eigenvalue weighted by molar-refractivity contribution is 5.69. The van der Waals surface area contributed by atoms with E-state index < -0.39 is 0 Å². The molecule has 0 aromatic rings. The summed E-state index contributed by atoms with van der Waals surface area (Å²) in [5, 5.41) is 9.44. The van der Waals surface area contributed by atoms with Gasteiger partial charge in [0.2, 0.25) is 0 Å². The number of unbranched alkanes of at least 4 members (excludes halogenated alkanes) is 9. The number of carbonyl (C=O) groups excluding carboxylic acids is 1. The Morgan fingerprint density at radius 3 is 2.00 bits per heavy atom. The lowest BCUT2D eigenvalue weighted by Gasteiger charge is -2.03. The van der Waals surface area contributed by atoms with Crippen LogP contribution in [0.4, 0.5) is 0 Å². The van der Waals surface area contributed by atoms with E-state index in [0.29, 0.717) is 13.0 Å². The molecule has 0 amide bonds. The minimum Gasteiger partial charge on any atom is -0.466 e. The molecule has 0 unspecified atom stereocenters. The van der Waals surface area contributed by atoms with Gasteiger partial charge in [0, 0.05) is 6.42 Å². The molecule has 3 nitrogen and oxygen atoms in total. The van der Waals surface area contributed by atoms with Crippen molar-refractivity contribution < 1.29 is 14.6 Å². The van der Waals surface area contributed by atoms with Crippen LogP contribution in [0.25, 0.3) is 0 Å². The van der Waals surface area contributed by atoms with Crippen LogP contribution in [0.1, 0.15) is 104 Å². The number of ether oxygens (including phenoxy) is 1. The van der Waals surface area contributed by atoms with Crippen molar-refractivity contribution in [3.63, 3.8) is 0 Å². The number of allylic oxidation sites excluding steroid dienone is 2. The number of carbonyl (C=O) groups is 1. The van der Waals surface area contributed by atoms with Crippen LogP contribution in [0.5, 0.6) is 0 Å². The summed E-state index contributed by atoms with van der Waals surface area (Å²) >= 11 is 0. The zero-order chi connectivity index (χ0) is 17.9. The second-order valence-electron chi connectivity index (χ2n) is 6.64. The first-order valence-corrected chi connectivity index (χ1v) is 10.2. The maximum Gasteiger partial charge on any atom is 0.305 e. The Morgan fingerprint density at radius 1 is 0.875 bits per heavy atom. The average molecular weight is 341 g/mol. The van der Waals surface area contributed by atoms with Crippen LogP contribution in [0, 0.1) is 0 Å². The van der Waals surface area contributed by atoms with E-state index in [4.69, 9.17) is 4.74 Å². The van der Waals surface area contributed by atoms with Crippen molar-refractivity contribution >= 4 is 5.97 Å². The van der Waals surface area contributed by atoms with Gasteiger partial charge in [0.1, 0.15) is 0 Å². The fourth-order valence-corrected chi connectivity index (χ4v) is 2.73. The van der Waals surface area contributed by atoms with Crippen molar-refractivity contribution in [1.82, 2.24) is 0 Å². The minimum atomic E-state index is -0.125. The van der Waals surface area contributed by atoms with E-state index >= 15 is 0 Å². The Balaban J connectivity index is 3.15. The molecule has 142 valence electrons. The lowest BCUT2D eigenvalue weighted by atomic mass is 10.1. The van der Waals surface area contributed by atoms with Gasteiger partial charge in [0.25, 0.3) is 0 Å². The lowest BCUT2D eigenvalue weighted by molar-refractivity contribution is -0.143. The summed E-state index contributed by atoms with van der Waals surface area (Å²) in [4.78, 5) is 11.2. The number of aliphatic hydroxyl groups is 1. The Labute approximate surface area is 149 Å². The van der Waals surface area contributed by atoms with Crippen LogP contribution in [-0.4, -0.2) is 23.8 Å². The van der Waals surface area contributed by atoms with Crippen molar-refractivity contribution in [2.75, 3.05) is 6.61 Å². The molecule has 0 spiro atoms. The first kappa shape index (κ1) is 23.2. The highest BCUT2D eigenvalue weighted by Gasteiger charge is 2.00. The van der Waals surface area contributed by atoms with E-state index in [-0.39, 0.29) is 12.1 Å². The highest BCUT2D eigenvalue weighted by atomic mass is 16.5. The van der Waals surface area contributed by atoms with E-state index in [1.165, 1.54) is 51.4 Å². The molecular formula is C21H40O3. The molecule has 0 saturated heterocycles. The van der Waals surface area contributed by atoms with Crippen LogP contribution in [-0.2, 0) is 9.53 Å². The largest absolute Gasteiger partial charge is 0.466 e. The normalized spacial score (nSPS) is 12.6. The quantitative estimate of drug-likeness (QED) is 0.202. The summed E-state index contributed by atoms with van der Waals surface area (Å²) in [5.74, 6) is -0.0481. The van der Waals surface area contributed by atoms with E-state index in [2.05, 4.69) is 12.2 Å². The van der Waals surface area contributed by atoms with E-state index in [0.717, 1.165) is 32.1 Å². The average Bonchev–Trinajstić information content (AvgIpc) is 2.58. The molecule has 1 N–H and O–H groups in total. The SMILES string of the molecule is CCOC(=O)CCCCCCCCCCC/C=C\CC[C@H](O)CC. The van der Waals surface area contributed by atoms with E-state index in [1.54, 1.807) is 0 Å². The Hall–Kier alpha value is -0.830. The van der Waals surface area contributed by atoms with Crippen LogP contribution in [0.2, 0.25) is 0 Å². The molecule has 1 atom stereocenters. The van der Waals surface area contributed by atoms with Gasteiger partial charge in [0.15, 0.2) is 0 Å². The molecule has 0 fully saturated rings. The van der Waals surface area contributed by atoms with Gasteiger partial charge in [-0.15, -0.1) is 0 Å². The third-order valence-electron chi connectivity index (χ3n) is 4.36. The molecular weight excluding hydrogens is 300 g/mol. The summed E-state index contributed by atoms with van der Waals surface area (Å²) in [6.07, 6.45) is 20.1. The molecule has 3 heteroatoms. The van der Waals surface area contributed by atoms with Crippen LogP contribution < -0.4 is 0 Å². The number of esters is 1. The lowest BCUT2D eigenvalue weighted by Crippen LogP contribution is -2.03. The number of hydrogen-bond donors (Lipinski definition) is 1. The molecule has 0 aliphatic heterocycles. The number of hydrogen-bond acceptors (Lipinski definition) is 3. The van der Waals surface area contributed by atoms with E-state index in [9.17, 15) is 9.90 Å².